The van der Waals surface area contributed by atoms with E-state index in [9.17, 15) is 19.6 Å². The molecular weight excluding hydrogens is 432 g/mol. The summed E-state index contributed by atoms with van der Waals surface area (Å²) in [5.41, 5.74) is 0.866. The van der Waals surface area contributed by atoms with Crippen LogP contribution in [0.4, 0.5) is 4.79 Å². The summed E-state index contributed by atoms with van der Waals surface area (Å²) in [6.45, 7) is 0.743. The van der Waals surface area contributed by atoms with Crippen molar-refractivity contribution >= 4 is 17.9 Å². The Morgan fingerprint density at radius 3 is 2.56 bits per heavy atom. The minimum Gasteiger partial charge on any atom is -0.445 e. The Bertz CT molecular complexity index is 848. The van der Waals surface area contributed by atoms with E-state index in [1.54, 1.807) is 0 Å². The molecule has 1 saturated carbocycles. The molecular formula is C26H36N4O4. The van der Waals surface area contributed by atoms with Crippen LogP contribution in [0, 0.1) is 23.2 Å². The van der Waals surface area contributed by atoms with E-state index >= 15 is 0 Å². The third-order valence-corrected chi connectivity index (χ3v) is 6.83. The highest BCUT2D eigenvalue weighted by molar-refractivity contribution is 5.86. The highest BCUT2D eigenvalue weighted by atomic mass is 16.5. The molecule has 34 heavy (non-hydrogen) atoms. The first-order valence-electron chi connectivity index (χ1n) is 12.5. The number of carbonyl (C=O) groups excluding carboxylic acids is 3. The van der Waals surface area contributed by atoms with Crippen molar-refractivity contribution in [2.24, 2.45) is 11.8 Å². The molecule has 0 unspecified atom stereocenters. The molecule has 8 heteroatoms. The molecule has 2 fully saturated rings. The summed E-state index contributed by atoms with van der Waals surface area (Å²) in [5.74, 6) is -0.00815. The van der Waals surface area contributed by atoms with E-state index in [1.165, 1.54) is 19.3 Å². The standard InChI is InChI=1S/C26H36N4O4/c27-15-13-22(17-21-14-16-28-24(21)31)29-25(32)23(12-11-19-7-3-1-4-8-19)30-26(33)34-18-20-9-5-2-6-10-20/h2,5-6,9-10,19,21-23H,1,3-4,7-8,11-14,16-18H2,(H,28,31)(H,29,32)(H,30,33)/t21-,22+,23-/m0/s1. The first-order valence-corrected chi connectivity index (χ1v) is 12.5. The predicted octanol–water partition coefficient (Wildman–Crippen LogP) is 3.57. The van der Waals surface area contributed by atoms with Crippen LogP contribution < -0.4 is 16.0 Å². The van der Waals surface area contributed by atoms with E-state index in [0.29, 0.717) is 31.7 Å². The van der Waals surface area contributed by atoms with Gasteiger partial charge in [0.1, 0.15) is 12.6 Å². The first kappa shape index (κ1) is 25.5. The number of nitriles is 1. The molecule has 1 aliphatic heterocycles. The Kier molecular flexibility index (Phi) is 10.2. The Hall–Kier alpha value is -3.08. The van der Waals surface area contributed by atoms with Gasteiger partial charge < -0.3 is 20.7 Å². The number of rotatable bonds is 11. The maximum absolute atomic E-state index is 13.2. The molecule has 0 bridgehead atoms. The van der Waals surface area contributed by atoms with Gasteiger partial charge in [0.15, 0.2) is 0 Å². The summed E-state index contributed by atoms with van der Waals surface area (Å²) in [6, 6.07) is 10.3. The Morgan fingerprint density at radius 2 is 1.88 bits per heavy atom. The second-order valence-electron chi connectivity index (χ2n) is 9.42. The smallest absolute Gasteiger partial charge is 0.408 e. The molecule has 3 atom stereocenters. The Balaban J connectivity index is 1.58. The molecule has 1 aromatic carbocycles. The lowest BCUT2D eigenvalue weighted by molar-refractivity contribution is -0.125. The van der Waals surface area contributed by atoms with Crippen molar-refractivity contribution in [1.82, 2.24) is 16.0 Å². The molecule has 2 aliphatic rings. The summed E-state index contributed by atoms with van der Waals surface area (Å²) in [7, 11) is 0. The number of nitrogens with one attached hydrogen (secondary N) is 3. The van der Waals surface area contributed by atoms with Crippen molar-refractivity contribution in [3.05, 3.63) is 35.9 Å². The second-order valence-corrected chi connectivity index (χ2v) is 9.42. The average Bonchev–Trinajstić information content (AvgIpc) is 3.26. The number of ether oxygens (including phenoxy) is 1. The quantitative estimate of drug-likeness (QED) is 0.459. The van der Waals surface area contributed by atoms with Crippen LogP contribution in [0.5, 0.6) is 0 Å². The number of hydrogen-bond acceptors (Lipinski definition) is 5. The first-order chi connectivity index (χ1) is 16.5. The summed E-state index contributed by atoms with van der Waals surface area (Å²) >= 11 is 0. The van der Waals surface area contributed by atoms with Crippen LogP contribution in [0.15, 0.2) is 30.3 Å². The highest BCUT2D eigenvalue weighted by Gasteiger charge is 2.30. The van der Waals surface area contributed by atoms with Gasteiger partial charge in [0.05, 0.1) is 12.5 Å². The fourth-order valence-corrected chi connectivity index (χ4v) is 4.87. The van der Waals surface area contributed by atoms with Crippen LogP contribution in [0.1, 0.15) is 69.8 Å². The van der Waals surface area contributed by atoms with E-state index in [4.69, 9.17) is 4.74 Å². The van der Waals surface area contributed by atoms with Crippen molar-refractivity contribution in [3.63, 3.8) is 0 Å². The van der Waals surface area contributed by atoms with Gasteiger partial charge in [0.2, 0.25) is 11.8 Å². The molecule has 1 aromatic rings. The molecule has 1 saturated heterocycles. The number of benzene rings is 1. The van der Waals surface area contributed by atoms with Crippen LogP contribution in [0.25, 0.3) is 0 Å². The van der Waals surface area contributed by atoms with Crippen LogP contribution >= 0.6 is 0 Å². The monoisotopic (exact) mass is 468 g/mol. The van der Waals surface area contributed by atoms with Gasteiger partial charge in [0, 0.05) is 18.5 Å². The van der Waals surface area contributed by atoms with E-state index in [1.807, 2.05) is 30.3 Å². The van der Waals surface area contributed by atoms with Crippen LogP contribution in [-0.4, -0.2) is 36.5 Å². The predicted molar refractivity (Wildman–Crippen MR) is 127 cm³/mol. The molecule has 1 heterocycles. The lowest BCUT2D eigenvalue weighted by Crippen LogP contribution is -2.50. The van der Waals surface area contributed by atoms with Crippen molar-refractivity contribution in [2.45, 2.75) is 82.9 Å². The SMILES string of the molecule is N#CC[C@H](C[C@@H]1CCNC1=O)NC(=O)[C@H](CCC1CCCCC1)NC(=O)OCc1ccccc1. The van der Waals surface area contributed by atoms with Gasteiger partial charge in [-0.25, -0.2) is 4.79 Å². The molecule has 0 radical (unpaired) electrons. The molecule has 1 aliphatic carbocycles. The van der Waals surface area contributed by atoms with E-state index in [0.717, 1.165) is 24.8 Å². The second kappa shape index (κ2) is 13.6. The van der Waals surface area contributed by atoms with Gasteiger partial charge in [-0.05, 0) is 37.2 Å². The number of alkyl carbamates (subject to hydrolysis) is 1. The van der Waals surface area contributed by atoms with E-state index in [2.05, 4.69) is 22.0 Å². The Labute approximate surface area is 201 Å². The van der Waals surface area contributed by atoms with Crippen molar-refractivity contribution < 1.29 is 19.1 Å². The summed E-state index contributed by atoms with van der Waals surface area (Å²) in [4.78, 5) is 37.6. The lowest BCUT2D eigenvalue weighted by Gasteiger charge is -2.26. The lowest BCUT2D eigenvalue weighted by atomic mass is 9.85. The zero-order valence-corrected chi connectivity index (χ0v) is 19.8. The van der Waals surface area contributed by atoms with Gasteiger partial charge in [-0.15, -0.1) is 0 Å². The normalized spacial score (nSPS) is 20.0. The Morgan fingerprint density at radius 1 is 1.12 bits per heavy atom. The zero-order chi connectivity index (χ0) is 24.2. The molecule has 0 spiro atoms. The maximum atomic E-state index is 13.2. The third-order valence-electron chi connectivity index (χ3n) is 6.83. The topological polar surface area (TPSA) is 120 Å². The van der Waals surface area contributed by atoms with Crippen LogP contribution in [0.2, 0.25) is 0 Å². The molecule has 0 aromatic heterocycles. The van der Waals surface area contributed by atoms with Gasteiger partial charge in [-0.1, -0.05) is 62.4 Å². The third kappa shape index (κ3) is 8.36. The molecule has 3 rings (SSSR count). The molecule has 184 valence electrons. The van der Waals surface area contributed by atoms with Gasteiger partial charge in [-0.2, -0.15) is 5.26 Å². The minimum atomic E-state index is -0.746. The largest absolute Gasteiger partial charge is 0.445 e. The number of nitrogens with zero attached hydrogens (tertiary/aromatic N) is 1. The minimum absolute atomic E-state index is 0.0337. The fraction of sp³-hybridized carbons (Fsp3) is 0.615. The zero-order valence-electron chi connectivity index (χ0n) is 19.8. The van der Waals surface area contributed by atoms with Crippen molar-refractivity contribution in [3.8, 4) is 6.07 Å². The number of hydrogen-bond donors (Lipinski definition) is 3. The van der Waals surface area contributed by atoms with Gasteiger partial charge in [0.25, 0.3) is 0 Å². The van der Waals surface area contributed by atoms with Gasteiger partial charge >= 0.3 is 6.09 Å². The summed E-state index contributed by atoms with van der Waals surface area (Å²) in [6.07, 6.45) is 7.94. The van der Waals surface area contributed by atoms with Gasteiger partial charge in [-0.3, -0.25) is 9.59 Å². The highest BCUT2D eigenvalue weighted by Crippen LogP contribution is 2.28. The van der Waals surface area contributed by atoms with Crippen LogP contribution in [-0.2, 0) is 20.9 Å². The fourth-order valence-electron chi connectivity index (χ4n) is 4.87. The summed E-state index contributed by atoms with van der Waals surface area (Å²) < 4.78 is 5.34. The summed E-state index contributed by atoms with van der Waals surface area (Å²) in [5, 5.41) is 17.7. The van der Waals surface area contributed by atoms with Crippen LogP contribution in [0.3, 0.4) is 0 Å². The van der Waals surface area contributed by atoms with Crippen molar-refractivity contribution in [1.29, 1.82) is 5.26 Å². The molecule has 3 amide bonds. The maximum Gasteiger partial charge on any atom is 0.408 e. The number of carbonyl (C=O) groups is 3. The number of amides is 3. The van der Waals surface area contributed by atoms with E-state index in [-0.39, 0.29) is 30.8 Å². The van der Waals surface area contributed by atoms with Crippen molar-refractivity contribution in [2.75, 3.05) is 6.54 Å². The van der Waals surface area contributed by atoms with E-state index < -0.39 is 18.2 Å². The molecule has 8 nitrogen and oxygen atoms in total. The molecule has 3 N–H and O–H groups in total. The average molecular weight is 469 g/mol.